The van der Waals surface area contributed by atoms with Gasteiger partial charge in [-0.05, 0) is 28.8 Å². The molecule has 19 heavy (non-hydrogen) atoms. The van der Waals surface area contributed by atoms with Crippen LogP contribution in [0.25, 0.3) is 0 Å². The molecule has 6 heteroatoms. The fraction of sp³-hybridized carbons (Fsp3) is 0.692. The molecule has 0 saturated heterocycles. The molecule has 0 amide bonds. The van der Waals surface area contributed by atoms with Crippen molar-refractivity contribution in [2.24, 2.45) is 0 Å². The van der Waals surface area contributed by atoms with E-state index in [-0.39, 0.29) is 0 Å². The zero-order valence-electron chi connectivity index (χ0n) is 11.8. The van der Waals surface area contributed by atoms with Gasteiger partial charge in [-0.25, -0.2) is 9.97 Å². The molecular formula is C13H22BrN3O2. The lowest BCUT2D eigenvalue weighted by Gasteiger charge is -2.12. The third-order valence-corrected chi connectivity index (χ3v) is 3.37. The molecule has 1 N–H and O–H groups in total. The lowest BCUT2D eigenvalue weighted by Crippen LogP contribution is -2.10. The van der Waals surface area contributed by atoms with Crippen LogP contribution in [0.1, 0.15) is 31.3 Å². The zero-order valence-corrected chi connectivity index (χ0v) is 13.4. The van der Waals surface area contributed by atoms with Crippen molar-refractivity contribution in [3.63, 3.8) is 0 Å². The minimum absolute atomic E-state index is 0.473. The van der Waals surface area contributed by atoms with E-state index in [1.807, 2.05) is 0 Å². The van der Waals surface area contributed by atoms with Gasteiger partial charge in [-0.15, -0.1) is 0 Å². The number of aryl methyl sites for hydroxylation is 1. The van der Waals surface area contributed by atoms with E-state index >= 15 is 0 Å². The first-order valence-electron chi connectivity index (χ1n) is 6.50. The molecule has 1 heterocycles. The highest BCUT2D eigenvalue weighted by Gasteiger charge is 2.11. The molecule has 0 unspecified atom stereocenters. The lowest BCUT2D eigenvalue weighted by atomic mass is 10.3. The van der Waals surface area contributed by atoms with Crippen LogP contribution in [-0.4, -0.2) is 37.3 Å². The molecule has 1 aromatic rings. The smallest absolute Gasteiger partial charge is 0.144 e. The van der Waals surface area contributed by atoms with E-state index in [0.29, 0.717) is 6.61 Å². The number of rotatable bonds is 9. The first-order chi connectivity index (χ1) is 9.22. The average molecular weight is 332 g/mol. The van der Waals surface area contributed by atoms with E-state index in [0.717, 1.165) is 54.2 Å². The highest BCUT2D eigenvalue weighted by Crippen LogP contribution is 2.24. The summed E-state index contributed by atoms with van der Waals surface area (Å²) in [6.07, 6.45) is 2.77. The van der Waals surface area contributed by atoms with Gasteiger partial charge in [0.15, 0.2) is 0 Å². The van der Waals surface area contributed by atoms with Gasteiger partial charge in [-0.3, -0.25) is 0 Å². The summed E-state index contributed by atoms with van der Waals surface area (Å²) in [5, 5.41) is 3.31. The Labute approximate surface area is 123 Å². The van der Waals surface area contributed by atoms with Gasteiger partial charge in [-0.1, -0.05) is 6.92 Å². The van der Waals surface area contributed by atoms with E-state index in [2.05, 4.69) is 38.1 Å². The normalized spacial score (nSPS) is 10.7. The van der Waals surface area contributed by atoms with Gasteiger partial charge in [0.2, 0.25) is 0 Å². The van der Waals surface area contributed by atoms with Crippen LogP contribution in [0, 0.1) is 0 Å². The summed E-state index contributed by atoms with van der Waals surface area (Å²) in [5.74, 6) is 1.67. The molecule has 0 saturated carbocycles. The minimum atomic E-state index is 0.473. The van der Waals surface area contributed by atoms with E-state index < -0.39 is 0 Å². The Balaban J connectivity index is 2.87. The molecule has 0 spiro atoms. The van der Waals surface area contributed by atoms with Gasteiger partial charge in [0.05, 0.1) is 16.8 Å². The Bertz CT molecular complexity index is 388. The molecule has 5 nitrogen and oxygen atoms in total. The van der Waals surface area contributed by atoms with E-state index in [4.69, 9.17) is 9.47 Å². The summed E-state index contributed by atoms with van der Waals surface area (Å²) in [6.45, 7) is 4.20. The third-order valence-electron chi connectivity index (χ3n) is 2.54. The first kappa shape index (κ1) is 16.3. The monoisotopic (exact) mass is 331 g/mol. The second-order valence-electron chi connectivity index (χ2n) is 4.21. The van der Waals surface area contributed by atoms with Crippen molar-refractivity contribution in [2.45, 2.75) is 32.8 Å². The minimum Gasteiger partial charge on any atom is -0.385 e. The van der Waals surface area contributed by atoms with Crippen LogP contribution >= 0.6 is 15.9 Å². The van der Waals surface area contributed by atoms with Crippen molar-refractivity contribution in [3.8, 4) is 0 Å². The largest absolute Gasteiger partial charge is 0.385 e. The molecule has 0 aliphatic heterocycles. The van der Waals surface area contributed by atoms with E-state index in [1.165, 1.54) is 0 Å². The Morgan fingerprint density at radius 3 is 2.63 bits per heavy atom. The second-order valence-corrected chi connectivity index (χ2v) is 5.00. The Morgan fingerprint density at radius 2 is 2.00 bits per heavy atom. The number of ether oxygens (including phenoxy) is 2. The van der Waals surface area contributed by atoms with Gasteiger partial charge in [-0.2, -0.15) is 0 Å². The molecule has 0 aliphatic carbocycles. The zero-order chi connectivity index (χ0) is 14.1. The van der Waals surface area contributed by atoms with Crippen molar-refractivity contribution in [1.82, 2.24) is 9.97 Å². The highest BCUT2D eigenvalue weighted by atomic mass is 79.9. The number of anilines is 1. The number of nitrogens with zero attached hydrogens (tertiary/aromatic N) is 2. The average Bonchev–Trinajstić information content (AvgIpc) is 2.41. The number of methoxy groups -OCH3 is 2. The summed E-state index contributed by atoms with van der Waals surface area (Å²) in [6, 6.07) is 0. The summed E-state index contributed by atoms with van der Waals surface area (Å²) in [5.41, 5.74) is 0.878. The predicted octanol–water partition coefficient (Wildman–Crippen LogP) is 2.79. The topological polar surface area (TPSA) is 56.3 Å². The SMILES string of the molecule is CCCNc1nc(CCCOC)nc(COC)c1Br. The molecule has 0 fully saturated rings. The standard InChI is InChI=1S/C13H22BrN3O2/c1-4-7-15-13-12(14)10(9-19-3)16-11(17-13)6-5-8-18-2/h4-9H2,1-3H3,(H,15,16,17). The molecular weight excluding hydrogens is 310 g/mol. The summed E-state index contributed by atoms with van der Waals surface area (Å²) in [4.78, 5) is 9.07. The van der Waals surface area contributed by atoms with Gasteiger partial charge >= 0.3 is 0 Å². The summed E-state index contributed by atoms with van der Waals surface area (Å²) in [7, 11) is 3.37. The highest BCUT2D eigenvalue weighted by molar-refractivity contribution is 9.10. The van der Waals surface area contributed by atoms with Crippen molar-refractivity contribution in [3.05, 3.63) is 16.0 Å². The number of hydrogen-bond donors (Lipinski definition) is 1. The summed E-state index contributed by atoms with van der Waals surface area (Å²) < 4.78 is 11.1. The maximum absolute atomic E-state index is 5.18. The lowest BCUT2D eigenvalue weighted by molar-refractivity contribution is 0.180. The maximum atomic E-state index is 5.18. The molecule has 0 bridgehead atoms. The molecule has 0 atom stereocenters. The maximum Gasteiger partial charge on any atom is 0.144 e. The molecule has 0 aromatic carbocycles. The van der Waals surface area contributed by atoms with Gasteiger partial charge in [0.25, 0.3) is 0 Å². The third kappa shape index (κ3) is 5.42. The van der Waals surface area contributed by atoms with Gasteiger partial charge in [0.1, 0.15) is 11.6 Å². The van der Waals surface area contributed by atoms with Crippen molar-refractivity contribution in [1.29, 1.82) is 0 Å². The van der Waals surface area contributed by atoms with Crippen molar-refractivity contribution < 1.29 is 9.47 Å². The number of aromatic nitrogens is 2. The van der Waals surface area contributed by atoms with Crippen LogP contribution in [0.15, 0.2) is 4.47 Å². The second kappa shape index (κ2) is 9.23. The van der Waals surface area contributed by atoms with Crippen LogP contribution in [-0.2, 0) is 22.5 Å². The molecule has 0 aliphatic rings. The van der Waals surface area contributed by atoms with Crippen LogP contribution in [0.4, 0.5) is 5.82 Å². The van der Waals surface area contributed by atoms with E-state index in [9.17, 15) is 0 Å². The fourth-order valence-corrected chi connectivity index (χ4v) is 2.06. The van der Waals surface area contributed by atoms with E-state index in [1.54, 1.807) is 14.2 Å². The Hall–Kier alpha value is -0.720. The van der Waals surface area contributed by atoms with Crippen molar-refractivity contribution >= 4 is 21.7 Å². The first-order valence-corrected chi connectivity index (χ1v) is 7.29. The molecule has 1 rings (SSSR count). The van der Waals surface area contributed by atoms with Crippen LogP contribution in [0.3, 0.4) is 0 Å². The van der Waals surface area contributed by atoms with Crippen LogP contribution in [0.2, 0.25) is 0 Å². The molecule has 1 aromatic heterocycles. The number of nitrogens with one attached hydrogen (secondary N) is 1. The molecule has 0 radical (unpaired) electrons. The fourth-order valence-electron chi connectivity index (χ4n) is 1.62. The van der Waals surface area contributed by atoms with Crippen LogP contribution < -0.4 is 5.32 Å². The van der Waals surface area contributed by atoms with Crippen LogP contribution in [0.5, 0.6) is 0 Å². The van der Waals surface area contributed by atoms with Gasteiger partial charge in [0, 0.05) is 33.8 Å². The van der Waals surface area contributed by atoms with Gasteiger partial charge < -0.3 is 14.8 Å². The Morgan fingerprint density at radius 1 is 1.21 bits per heavy atom. The predicted molar refractivity (Wildman–Crippen MR) is 79.4 cm³/mol. The Kier molecular flexibility index (Phi) is 7.93. The summed E-state index contributed by atoms with van der Waals surface area (Å²) >= 11 is 3.54. The quantitative estimate of drug-likeness (QED) is 0.705. The number of hydrogen-bond acceptors (Lipinski definition) is 5. The van der Waals surface area contributed by atoms with Crippen molar-refractivity contribution in [2.75, 3.05) is 32.7 Å². The number of halogens is 1. The molecule has 108 valence electrons.